The van der Waals surface area contributed by atoms with Crippen molar-refractivity contribution in [2.45, 2.75) is 61.8 Å². The van der Waals surface area contributed by atoms with E-state index in [9.17, 15) is 0 Å². The second-order valence-corrected chi connectivity index (χ2v) is 2.70. The maximum absolute atomic E-state index is 2.26. The van der Waals surface area contributed by atoms with E-state index in [1.165, 1.54) is 5.57 Å². The molecular formula is C14H35N. The molecular weight excluding hydrogens is 182 g/mol. The second kappa shape index (κ2) is 29.2. The van der Waals surface area contributed by atoms with E-state index in [4.69, 9.17) is 0 Å². The van der Waals surface area contributed by atoms with Gasteiger partial charge in [0.2, 0.25) is 0 Å². The maximum Gasteiger partial charge on any atom is 0.0183 e. The Morgan fingerprint density at radius 3 is 1.47 bits per heavy atom. The molecule has 0 aliphatic rings. The van der Waals surface area contributed by atoms with Crippen molar-refractivity contribution in [1.82, 2.24) is 4.90 Å². The van der Waals surface area contributed by atoms with Gasteiger partial charge >= 0.3 is 0 Å². The maximum atomic E-state index is 2.26. The summed E-state index contributed by atoms with van der Waals surface area (Å²) in [5.74, 6) is 0. The highest BCUT2D eigenvalue weighted by Crippen LogP contribution is 1.95. The molecule has 1 heteroatoms. The Morgan fingerprint density at radius 1 is 0.933 bits per heavy atom. The van der Waals surface area contributed by atoms with Crippen molar-refractivity contribution >= 4 is 0 Å². The molecule has 15 heavy (non-hydrogen) atoms. The molecule has 0 N–H and O–H groups in total. The molecule has 0 fully saturated rings. The van der Waals surface area contributed by atoms with Crippen LogP contribution in [0.5, 0.6) is 0 Å². The third-order valence-corrected chi connectivity index (χ3v) is 1.12. The Morgan fingerprint density at radius 2 is 1.27 bits per heavy atom. The lowest BCUT2D eigenvalue weighted by atomic mass is 10.2. The van der Waals surface area contributed by atoms with E-state index >= 15 is 0 Å². The van der Waals surface area contributed by atoms with Crippen molar-refractivity contribution in [2.24, 2.45) is 0 Å². The molecule has 0 rings (SSSR count). The summed E-state index contributed by atoms with van der Waals surface area (Å²) >= 11 is 0. The first kappa shape index (κ1) is 24.1. The van der Waals surface area contributed by atoms with Gasteiger partial charge < -0.3 is 4.90 Å². The zero-order valence-corrected chi connectivity index (χ0v) is 12.9. The van der Waals surface area contributed by atoms with Crippen molar-refractivity contribution in [3.05, 3.63) is 11.6 Å². The van der Waals surface area contributed by atoms with Gasteiger partial charge in [0, 0.05) is 6.54 Å². The molecule has 0 aliphatic heterocycles. The number of nitrogens with zero attached hydrogens (tertiary/aromatic N) is 1. The van der Waals surface area contributed by atoms with Crippen LogP contribution in [0.2, 0.25) is 0 Å². The zero-order chi connectivity index (χ0) is 13.3. The summed E-state index contributed by atoms with van der Waals surface area (Å²) in [4.78, 5) is 2.18. The summed E-state index contributed by atoms with van der Waals surface area (Å²) in [6.45, 7) is 17.4. The largest absolute Gasteiger partial charge is 0.305 e. The van der Waals surface area contributed by atoms with Crippen molar-refractivity contribution in [2.75, 3.05) is 20.6 Å². The fourth-order valence-corrected chi connectivity index (χ4v) is 0.912. The Kier molecular flexibility index (Phi) is 46.9. The van der Waals surface area contributed by atoms with E-state index in [2.05, 4.69) is 38.9 Å². The summed E-state index contributed by atoms with van der Waals surface area (Å²) < 4.78 is 0. The Bertz CT molecular complexity index is 93.5. The van der Waals surface area contributed by atoms with Crippen LogP contribution < -0.4 is 0 Å². The lowest BCUT2D eigenvalue weighted by Crippen LogP contribution is -2.13. The van der Waals surface area contributed by atoms with Crippen LogP contribution in [0.4, 0.5) is 0 Å². The van der Waals surface area contributed by atoms with Crippen molar-refractivity contribution in [3.8, 4) is 0 Å². The smallest absolute Gasteiger partial charge is 0.0183 e. The summed E-state index contributed by atoms with van der Waals surface area (Å²) in [5.41, 5.74) is 1.46. The van der Waals surface area contributed by atoms with Crippen molar-refractivity contribution in [3.63, 3.8) is 0 Å². The highest BCUT2D eigenvalue weighted by atomic mass is 15.0. The standard InChI is InChI=1S/C8H17N.3C2H6/c1-5-6-8(2)7-9(3)4;3*1-2/h6H,5,7H2,1-4H3;3*1-2H3/b8-6+;;;. The van der Waals surface area contributed by atoms with Gasteiger partial charge in [-0.3, -0.25) is 0 Å². The summed E-state index contributed by atoms with van der Waals surface area (Å²) in [5, 5.41) is 0. The number of hydrogen-bond donors (Lipinski definition) is 0. The molecule has 0 bridgehead atoms. The fourth-order valence-electron chi connectivity index (χ4n) is 0.912. The topological polar surface area (TPSA) is 3.24 Å². The summed E-state index contributed by atoms with van der Waals surface area (Å²) in [7, 11) is 4.18. The number of likely N-dealkylation sites (N-methyl/N-ethyl adjacent to an activating group) is 1. The quantitative estimate of drug-likeness (QED) is 0.602. The van der Waals surface area contributed by atoms with Gasteiger partial charge in [-0.15, -0.1) is 0 Å². The lowest BCUT2D eigenvalue weighted by Gasteiger charge is -2.08. The average molecular weight is 217 g/mol. The first-order valence-electron chi connectivity index (χ1n) is 6.47. The number of rotatable bonds is 3. The molecule has 0 spiro atoms. The Labute approximate surface area is 99.6 Å². The number of allylic oxidation sites excluding steroid dienone is 1. The van der Waals surface area contributed by atoms with Crippen LogP contribution in [0.15, 0.2) is 11.6 Å². The van der Waals surface area contributed by atoms with Gasteiger partial charge in [0.15, 0.2) is 0 Å². The van der Waals surface area contributed by atoms with Crippen LogP contribution in [-0.2, 0) is 0 Å². The van der Waals surface area contributed by atoms with Gasteiger partial charge in [-0.25, -0.2) is 0 Å². The van der Waals surface area contributed by atoms with Crippen LogP contribution in [0.1, 0.15) is 61.8 Å². The van der Waals surface area contributed by atoms with E-state index in [0.29, 0.717) is 0 Å². The summed E-state index contributed by atoms with van der Waals surface area (Å²) in [6.07, 6.45) is 3.42. The van der Waals surface area contributed by atoms with Gasteiger partial charge in [0.25, 0.3) is 0 Å². The molecule has 0 radical (unpaired) electrons. The zero-order valence-electron chi connectivity index (χ0n) is 12.9. The molecule has 0 saturated carbocycles. The predicted octanol–water partition coefficient (Wildman–Crippen LogP) is 4.98. The van der Waals surface area contributed by atoms with Gasteiger partial charge in [-0.1, -0.05) is 60.1 Å². The van der Waals surface area contributed by atoms with Crippen LogP contribution >= 0.6 is 0 Å². The summed E-state index contributed by atoms with van der Waals surface area (Å²) in [6, 6.07) is 0. The van der Waals surface area contributed by atoms with E-state index < -0.39 is 0 Å². The Balaban J connectivity index is -0.0000000860. The van der Waals surface area contributed by atoms with Gasteiger partial charge in [0.05, 0.1) is 0 Å². The molecule has 0 aromatic heterocycles. The van der Waals surface area contributed by atoms with E-state index in [1.807, 2.05) is 41.5 Å². The highest BCUT2D eigenvalue weighted by molar-refractivity contribution is 4.99. The molecule has 96 valence electrons. The molecule has 0 unspecified atom stereocenters. The normalized spacial score (nSPS) is 8.87. The predicted molar refractivity (Wildman–Crippen MR) is 76.6 cm³/mol. The van der Waals surface area contributed by atoms with E-state index in [1.54, 1.807) is 0 Å². The average Bonchev–Trinajstić information content (AvgIpc) is 2.26. The van der Waals surface area contributed by atoms with Crippen molar-refractivity contribution < 1.29 is 0 Å². The molecule has 0 aliphatic carbocycles. The fraction of sp³-hybridized carbons (Fsp3) is 0.857. The van der Waals surface area contributed by atoms with E-state index in [0.717, 1.165) is 13.0 Å². The van der Waals surface area contributed by atoms with Crippen molar-refractivity contribution in [1.29, 1.82) is 0 Å². The molecule has 0 amide bonds. The third-order valence-electron chi connectivity index (χ3n) is 1.12. The lowest BCUT2D eigenvalue weighted by molar-refractivity contribution is 0.444. The SMILES string of the molecule is CC.CC.CC.CC/C=C(\C)CN(C)C. The molecule has 0 aromatic carbocycles. The van der Waals surface area contributed by atoms with Crippen LogP contribution in [0.25, 0.3) is 0 Å². The van der Waals surface area contributed by atoms with Gasteiger partial charge in [-0.05, 0) is 27.4 Å². The number of hydrogen-bond acceptors (Lipinski definition) is 1. The minimum Gasteiger partial charge on any atom is -0.305 e. The minimum atomic E-state index is 1.09. The first-order valence-corrected chi connectivity index (χ1v) is 6.47. The molecule has 0 aromatic rings. The molecule has 1 nitrogen and oxygen atoms in total. The first-order chi connectivity index (χ1) is 7.16. The third kappa shape index (κ3) is 41.8. The molecule has 0 atom stereocenters. The van der Waals surface area contributed by atoms with Crippen LogP contribution in [0, 0.1) is 0 Å². The Hall–Kier alpha value is -0.300. The van der Waals surface area contributed by atoms with E-state index in [-0.39, 0.29) is 0 Å². The molecule has 0 saturated heterocycles. The van der Waals surface area contributed by atoms with Gasteiger partial charge in [0.1, 0.15) is 0 Å². The van der Waals surface area contributed by atoms with Gasteiger partial charge in [-0.2, -0.15) is 0 Å². The monoisotopic (exact) mass is 217 g/mol. The minimum absolute atomic E-state index is 1.09. The molecule has 0 heterocycles. The van der Waals surface area contributed by atoms with Crippen LogP contribution in [0.3, 0.4) is 0 Å². The van der Waals surface area contributed by atoms with Crippen LogP contribution in [-0.4, -0.2) is 25.5 Å². The second-order valence-electron chi connectivity index (χ2n) is 2.70. The highest BCUT2D eigenvalue weighted by Gasteiger charge is 1.88.